The van der Waals surface area contributed by atoms with Crippen LogP contribution in [-0.2, 0) is 20.9 Å². The zero-order valence-corrected chi connectivity index (χ0v) is 24.1. The molecule has 11 nitrogen and oxygen atoms in total. The number of nitrogens with zero attached hydrogens (tertiary/aromatic N) is 4. The molecule has 1 fully saturated rings. The van der Waals surface area contributed by atoms with Crippen LogP contribution in [0.25, 0.3) is 11.0 Å². The van der Waals surface area contributed by atoms with Crippen LogP contribution in [0.5, 0.6) is 17.2 Å². The van der Waals surface area contributed by atoms with Gasteiger partial charge in [0.15, 0.2) is 11.5 Å². The lowest BCUT2D eigenvalue weighted by Gasteiger charge is -2.36. The molecule has 1 aromatic heterocycles. The van der Waals surface area contributed by atoms with E-state index in [2.05, 4.69) is 15.6 Å². The minimum atomic E-state index is -1.01. The van der Waals surface area contributed by atoms with Crippen LogP contribution < -0.4 is 19.5 Å². The van der Waals surface area contributed by atoms with Gasteiger partial charge in [0.25, 0.3) is 0 Å². The number of amides is 2. The van der Waals surface area contributed by atoms with E-state index in [1.54, 1.807) is 21.7 Å². The Balaban J connectivity index is 1.81. The van der Waals surface area contributed by atoms with Gasteiger partial charge in [0.05, 0.1) is 33.0 Å². The number of fused-ring (bicyclic) bond motifs is 1. The number of rotatable bonds is 12. The number of ether oxygens (including phenoxy) is 4. The number of nitrogens with one attached hydrogen (secondary N) is 1. The molecule has 0 bridgehead atoms. The Bertz CT molecular complexity index is 1310. The molecule has 11 heteroatoms. The van der Waals surface area contributed by atoms with E-state index < -0.39 is 11.6 Å². The van der Waals surface area contributed by atoms with Crippen LogP contribution in [-0.4, -0.2) is 77.8 Å². The van der Waals surface area contributed by atoms with Crippen molar-refractivity contribution >= 4 is 22.8 Å². The lowest BCUT2D eigenvalue weighted by atomic mass is 9.97. The van der Waals surface area contributed by atoms with Crippen molar-refractivity contribution in [2.24, 2.45) is 0 Å². The van der Waals surface area contributed by atoms with Crippen LogP contribution in [0.15, 0.2) is 36.4 Å². The summed E-state index contributed by atoms with van der Waals surface area (Å²) in [5.74, 6) is 0.547. The Morgan fingerprint density at radius 3 is 2.45 bits per heavy atom. The van der Waals surface area contributed by atoms with Crippen LogP contribution >= 0.6 is 0 Å². The van der Waals surface area contributed by atoms with Gasteiger partial charge in [-0.15, -0.1) is 5.10 Å². The molecule has 2 amide bonds. The average molecular weight is 554 g/mol. The molecule has 4 rings (SSSR count). The summed E-state index contributed by atoms with van der Waals surface area (Å²) in [6.45, 7) is 6.64. The van der Waals surface area contributed by atoms with E-state index >= 15 is 0 Å². The summed E-state index contributed by atoms with van der Waals surface area (Å²) < 4.78 is 24.2. The molecule has 1 N–H and O–H groups in total. The number of aromatic nitrogens is 3. The highest BCUT2D eigenvalue weighted by Gasteiger charge is 2.37. The van der Waals surface area contributed by atoms with E-state index in [1.807, 2.05) is 45.0 Å². The second-order valence-electron chi connectivity index (χ2n) is 10.5. The Kier molecular flexibility index (Phi) is 9.14. The number of carbonyl (C=O) groups excluding carboxylic acids is 2. The van der Waals surface area contributed by atoms with Gasteiger partial charge in [-0.3, -0.25) is 9.59 Å². The van der Waals surface area contributed by atoms with Crippen molar-refractivity contribution in [2.75, 3.05) is 34.5 Å². The molecule has 2 atom stereocenters. The van der Waals surface area contributed by atoms with Crippen LogP contribution in [0.1, 0.15) is 51.6 Å². The molecule has 216 valence electrons. The Morgan fingerprint density at radius 2 is 1.85 bits per heavy atom. The van der Waals surface area contributed by atoms with Crippen LogP contribution in [0.3, 0.4) is 0 Å². The highest BCUT2D eigenvalue weighted by Crippen LogP contribution is 2.41. The number of methoxy groups -OCH3 is 3. The molecule has 1 aliphatic heterocycles. The first kappa shape index (κ1) is 29.1. The van der Waals surface area contributed by atoms with Gasteiger partial charge in [0.2, 0.25) is 17.6 Å². The first-order chi connectivity index (χ1) is 19.2. The third-order valence-corrected chi connectivity index (χ3v) is 7.36. The van der Waals surface area contributed by atoms with Gasteiger partial charge in [-0.25, -0.2) is 4.68 Å². The molecule has 2 aromatic carbocycles. The van der Waals surface area contributed by atoms with Gasteiger partial charge in [-0.2, -0.15) is 0 Å². The maximum atomic E-state index is 14.1. The van der Waals surface area contributed by atoms with Gasteiger partial charge in [-0.05, 0) is 62.9 Å². The molecule has 0 aliphatic carbocycles. The summed E-state index contributed by atoms with van der Waals surface area (Å²) >= 11 is 0. The smallest absolute Gasteiger partial charge is 0.247 e. The fourth-order valence-electron chi connectivity index (χ4n) is 4.83. The van der Waals surface area contributed by atoms with Crippen molar-refractivity contribution in [1.29, 1.82) is 0 Å². The van der Waals surface area contributed by atoms with Gasteiger partial charge in [0.1, 0.15) is 18.1 Å². The molecule has 40 heavy (non-hydrogen) atoms. The molecule has 3 aromatic rings. The summed E-state index contributed by atoms with van der Waals surface area (Å²) in [5, 5.41) is 11.5. The third-order valence-electron chi connectivity index (χ3n) is 7.36. The van der Waals surface area contributed by atoms with Crippen LogP contribution in [0.2, 0.25) is 0 Å². The monoisotopic (exact) mass is 553 g/mol. The molecule has 2 unspecified atom stereocenters. The van der Waals surface area contributed by atoms with E-state index in [9.17, 15) is 9.59 Å². The summed E-state index contributed by atoms with van der Waals surface area (Å²) in [4.78, 5) is 29.8. The van der Waals surface area contributed by atoms with Crippen LogP contribution in [0, 0.1) is 0 Å². The molecule has 0 radical (unpaired) electrons. The van der Waals surface area contributed by atoms with Crippen molar-refractivity contribution in [3.05, 3.63) is 42.0 Å². The van der Waals surface area contributed by atoms with Gasteiger partial charge in [0, 0.05) is 18.7 Å². The zero-order valence-electron chi connectivity index (χ0n) is 24.1. The molecule has 0 spiro atoms. The summed E-state index contributed by atoms with van der Waals surface area (Å²) in [6, 6.07) is 9.86. The zero-order chi connectivity index (χ0) is 28.9. The first-order valence-corrected chi connectivity index (χ1v) is 13.5. The highest BCUT2D eigenvalue weighted by atomic mass is 16.5. The fourth-order valence-corrected chi connectivity index (χ4v) is 4.83. The van der Waals surface area contributed by atoms with Crippen molar-refractivity contribution in [3.8, 4) is 17.2 Å². The number of carbonyl (C=O) groups is 2. The predicted octanol–water partition coefficient (Wildman–Crippen LogP) is 3.51. The lowest BCUT2D eigenvalue weighted by Crippen LogP contribution is -2.52. The molecule has 1 saturated heterocycles. The average Bonchev–Trinajstić information content (AvgIpc) is 3.62. The molecular formula is C29H39N5O6. The van der Waals surface area contributed by atoms with Crippen molar-refractivity contribution in [2.45, 2.75) is 64.3 Å². The van der Waals surface area contributed by atoms with Crippen molar-refractivity contribution in [1.82, 2.24) is 25.2 Å². The van der Waals surface area contributed by atoms with E-state index in [1.165, 1.54) is 21.3 Å². The van der Waals surface area contributed by atoms with E-state index in [0.717, 1.165) is 18.4 Å². The third kappa shape index (κ3) is 6.30. The van der Waals surface area contributed by atoms with E-state index in [4.69, 9.17) is 18.9 Å². The normalized spacial score (nSPS) is 16.0. The van der Waals surface area contributed by atoms with Gasteiger partial charge in [-0.1, -0.05) is 24.3 Å². The predicted molar refractivity (Wildman–Crippen MR) is 150 cm³/mol. The number of hydrogen-bond acceptors (Lipinski definition) is 8. The molecule has 1 aliphatic rings. The molecular weight excluding hydrogens is 514 g/mol. The Morgan fingerprint density at radius 1 is 1.15 bits per heavy atom. The van der Waals surface area contributed by atoms with E-state index in [-0.39, 0.29) is 31.0 Å². The topological polar surface area (TPSA) is 117 Å². The van der Waals surface area contributed by atoms with Gasteiger partial charge < -0.3 is 29.2 Å². The number of para-hydroxylation sites is 1. The molecule has 0 saturated carbocycles. The largest absolute Gasteiger partial charge is 0.493 e. The van der Waals surface area contributed by atoms with E-state index in [0.29, 0.717) is 41.4 Å². The van der Waals surface area contributed by atoms with Gasteiger partial charge >= 0.3 is 0 Å². The highest BCUT2D eigenvalue weighted by molar-refractivity contribution is 5.90. The number of benzene rings is 2. The second-order valence-corrected chi connectivity index (χ2v) is 10.5. The minimum absolute atomic E-state index is 0.0986. The fraction of sp³-hybridized carbons (Fsp3) is 0.517. The summed E-state index contributed by atoms with van der Waals surface area (Å²) in [5.41, 5.74) is 1.43. The maximum absolute atomic E-state index is 14.1. The standard InChI is InChI=1S/C29H39N5O6/c1-7-29(2,3)30-28(36)26(19-15-23(37-4)27(39-6)24(16-19)38-5)33(17-20-11-10-14-40-20)25(35)18-34-22-13-9-8-12-21(22)31-32-34/h8-9,12-13,15-16,20,26H,7,10-11,14,17-18H2,1-6H3,(H,30,36). The summed E-state index contributed by atoms with van der Waals surface area (Å²) in [6.07, 6.45) is 2.18. The minimum Gasteiger partial charge on any atom is -0.493 e. The second kappa shape index (κ2) is 12.5. The molecule has 2 heterocycles. The lowest BCUT2D eigenvalue weighted by molar-refractivity contribution is -0.144. The number of hydrogen-bond donors (Lipinski definition) is 1. The Labute approximate surface area is 234 Å². The van der Waals surface area contributed by atoms with Crippen molar-refractivity contribution in [3.63, 3.8) is 0 Å². The van der Waals surface area contributed by atoms with Crippen LogP contribution in [0.4, 0.5) is 0 Å². The SMILES string of the molecule is CCC(C)(C)NC(=O)C(c1cc(OC)c(OC)c(OC)c1)N(CC1CCCO1)C(=O)Cn1nnc2ccccc21. The first-order valence-electron chi connectivity index (χ1n) is 13.5. The quantitative estimate of drug-likeness (QED) is 0.362. The maximum Gasteiger partial charge on any atom is 0.247 e. The Hall–Kier alpha value is -3.86. The summed E-state index contributed by atoms with van der Waals surface area (Å²) in [7, 11) is 4.55. The van der Waals surface area contributed by atoms with Crippen molar-refractivity contribution < 1.29 is 28.5 Å².